The quantitative estimate of drug-likeness (QED) is 0.827. The monoisotopic (exact) mass is 270 g/mol. The zero-order valence-electron chi connectivity index (χ0n) is 12.8. The van der Waals surface area contributed by atoms with Crippen LogP contribution in [0.5, 0.6) is 0 Å². The van der Waals surface area contributed by atoms with E-state index in [1.54, 1.807) is 0 Å². The second-order valence-electron chi connectivity index (χ2n) is 6.17. The Hall–Kier alpha value is -1.33. The van der Waals surface area contributed by atoms with Gasteiger partial charge in [0, 0.05) is 12.6 Å². The number of nitriles is 1. The molecular formula is C18H26N2. The SMILES string of the molecule is Cc1cc(C#N)ccc1CN[C@@H](C)C1CCCCCC1. The van der Waals surface area contributed by atoms with Crippen LogP contribution in [0.15, 0.2) is 18.2 Å². The first-order chi connectivity index (χ1) is 9.70. The first kappa shape index (κ1) is 15.1. The predicted molar refractivity (Wildman–Crippen MR) is 83.4 cm³/mol. The standard InChI is InChI=1S/C18H26N2/c1-14-11-16(12-19)9-10-18(14)13-20-15(2)17-7-5-3-4-6-8-17/h9-11,15,17,20H,3-8,13H2,1-2H3/t15-/m0/s1. The Morgan fingerprint density at radius 1 is 1.25 bits per heavy atom. The van der Waals surface area contributed by atoms with Gasteiger partial charge in [-0.15, -0.1) is 0 Å². The van der Waals surface area contributed by atoms with Crippen molar-refractivity contribution in [1.29, 1.82) is 5.26 Å². The van der Waals surface area contributed by atoms with Gasteiger partial charge in [-0.1, -0.05) is 31.7 Å². The van der Waals surface area contributed by atoms with Crippen LogP contribution >= 0.6 is 0 Å². The van der Waals surface area contributed by atoms with E-state index < -0.39 is 0 Å². The molecule has 0 amide bonds. The Morgan fingerprint density at radius 2 is 1.95 bits per heavy atom. The Kier molecular flexibility index (Phi) is 5.61. The van der Waals surface area contributed by atoms with Crippen LogP contribution in [0.3, 0.4) is 0 Å². The van der Waals surface area contributed by atoms with Crippen LogP contribution in [0, 0.1) is 24.2 Å². The van der Waals surface area contributed by atoms with Crippen molar-refractivity contribution >= 4 is 0 Å². The highest BCUT2D eigenvalue weighted by Crippen LogP contribution is 2.25. The van der Waals surface area contributed by atoms with Crippen molar-refractivity contribution < 1.29 is 0 Å². The van der Waals surface area contributed by atoms with Crippen molar-refractivity contribution in [3.8, 4) is 6.07 Å². The number of benzene rings is 1. The van der Waals surface area contributed by atoms with Crippen molar-refractivity contribution in [2.24, 2.45) is 5.92 Å². The van der Waals surface area contributed by atoms with Gasteiger partial charge in [0.15, 0.2) is 0 Å². The van der Waals surface area contributed by atoms with Crippen molar-refractivity contribution in [3.63, 3.8) is 0 Å². The third kappa shape index (κ3) is 4.08. The number of aryl methyl sites for hydroxylation is 1. The maximum Gasteiger partial charge on any atom is 0.0991 e. The second kappa shape index (κ2) is 7.45. The average molecular weight is 270 g/mol. The molecule has 0 aliphatic heterocycles. The minimum atomic E-state index is 0.586. The van der Waals surface area contributed by atoms with E-state index in [1.807, 2.05) is 12.1 Å². The van der Waals surface area contributed by atoms with Crippen molar-refractivity contribution in [2.75, 3.05) is 0 Å². The lowest BCUT2D eigenvalue weighted by Gasteiger charge is -2.24. The lowest BCUT2D eigenvalue weighted by molar-refractivity contribution is 0.336. The van der Waals surface area contributed by atoms with Gasteiger partial charge in [-0.05, 0) is 55.9 Å². The number of hydrogen-bond acceptors (Lipinski definition) is 2. The molecule has 0 bridgehead atoms. The summed E-state index contributed by atoms with van der Waals surface area (Å²) >= 11 is 0. The molecule has 0 radical (unpaired) electrons. The summed E-state index contributed by atoms with van der Waals surface area (Å²) in [6, 6.07) is 8.76. The van der Waals surface area contributed by atoms with Gasteiger partial charge in [0.2, 0.25) is 0 Å². The molecule has 108 valence electrons. The van der Waals surface area contributed by atoms with Crippen LogP contribution in [-0.2, 0) is 6.54 Å². The molecule has 1 aromatic carbocycles. The number of rotatable bonds is 4. The molecule has 1 aliphatic carbocycles. The van der Waals surface area contributed by atoms with Crippen LogP contribution < -0.4 is 5.32 Å². The molecule has 1 aromatic rings. The zero-order chi connectivity index (χ0) is 14.4. The molecule has 1 fully saturated rings. The van der Waals surface area contributed by atoms with E-state index in [4.69, 9.17) is 5.26 Å². The largest absolute Gasteiger partial charge is 0.310 e. The lowest BCUT2D eigenvalue weighted by atomic mass is 9.92. The van der Waals surface area contributed by atoms with Crippen LogP contribution in [0.2, 0.25) is 0 Å². The van der Waals surface area contributed by atoms with Crippen molar-refractivity contribution in [3.05, 3.63) is 34.9 Å². The molecule has 0 unspecified atom stereocenters. The molecule has 1 N–H and O–H groups in total. The molecule has 2 nitrogen and oxygen atoms in total. The summed E-state index contributed by atoms with van der Waals surface area (Å²) in [5, 5.41) is 12.6. The van der Waals surface area contributed by atoms with Crippen LogP contribution in [0.1, 0.15) is 62.1 Å². The van der Waals surface area contributed by atoms with Crippen LogP contribution in [0.4, 0.5) is 0 Å². The highest BCUT2D eigenvalue weighted by atomic mass is 14.9. The fourth-order valence-electron chi connectivity index (χ4n) is 3.21. The molecule has 0 saturated heterocycles. The van der Waals surface area contributed by atoms with Crippen LogP contribution in [-0.4, -0.2) is 6.04 Å². The van der Waals surface area contributed by atoms with Gasteiger partial charge in [0.25, 0.3) is 0 Å². The lowest BCUT2D eigenvalue weighted by Crippen LogP contribution is -2.33. The van der Waals surface area contributed by atoms with E-state index in [0.29, 0.717) is 6.04 Å². The Labute approximate surface area is 123 Å². The molecular weight excluding hydrogens is 244 g/mol. The van der Waals surface area contributed by atoms with Gasteiger partial charge < -0.3 is 5.32 Å². The predicted octanol–water partition coefficient (Wildman–Crippen LogP) is 4.32. The molecule has 1 saturated carbocycles. The highest BCUT2D eigenvalue weighted by molar-refractivity contribution is 5.37. The Morgan fingerprint density at radius 3 is 2.55 bits per heavy atom. The van der Waals surface area contributed by atoms with Gasteiger partial charge in [0.1, 0.15) is 0 Å². The normalized spacial score (nSPS) is 18.2. The molecule has 2 heteroatoms. The minimum Gasteiger partial charge on any atom is -0.310 e. The molecule has 1 aliphatic rings. The van der Waals surface area contributed by atoms with Gasteiger partial charge in [-0.2, -0.15) is 5.26 Å². The summed E-state index contributed by atoms with van der Waals surface area (Å²) < 4.78 is 0. The first-order valence-electron chi connectivity index (χ1n) is 7.93. The summed E-state index contributed by atoms with van der Waals surface area (Å²) in [5.41, 5.74) is 3.28. The third-order valence-corrected chi connectivity index (χ3v) is 4.69. The van der Waals surface area contributed by atoms with Crippen molar-refractivity contribution in [2.45, 2.75) is 65.0 Å². The molecule has 20 heavy (non-hydrogen) atoms. The van der Waals surface area contributed by atoms with Gasteiger partial charge in [-0.3, -0.25) is 0 Å². The van der Waals surface area contributed by atoms with E-state index in [9.17, 15) is 0 Å². The fraction of sp³-hybridized carbons (Fsp3) is 0.611. The van der Waals surface area contributed by atoms with E-state index in [1.165, 1.54) is 49.7 Å². The molecule has 0 spiro atoms. The smallest absolute Gasteiger partial charge is 0.0991 e. The molecule has 0 aromatic heterocycles. The number of nitrogens with zero attached hydrogens (tertiary/aromatic N) is 1. The average Bonchev–Trinajstić information content (AvgIpc) is 2.74. The maximum atomic E-state index is 8.90. The van der Waals surface area contributed by atoms with E-state index in [-0.39, 0.29) is 0 Å². The van der Waals surface area contributed by atoms with Gasteiger partial charge >= 0.3 is 0 Å². The van der Waals surface area contributed by atoms with Gasteiger partial charge in [0.05, 0.1) is 11.6 Å². The second-order valence-corrected chi connectivity index (χ2v) is 6.17. The van der Waals surface area contributed by atoms with E-state index in [0.717, 1.165) is 18.0 Å². The summed E-state index contributed by atoms with van der Waals surface area (Å²) in [5.74, 6) is 0.830. The summed E-state index contributed by atoms with van der Waals surface area (Å²) in [7, 11) is 0. The number of nitrogens with one attached hydrogen (secondary N) is 1. The first-order valence-corrected chi connectivity index (χ1v) is 7.93. The van der Waals surface area contributed by atoms with Gasteiger partial charge in [-0.25, -0.2) is 0 Å². The molecule has 0 heterocycles. The van der Waals surface area contributed by atoms with Crippen LogP contribution in [0.25, 0.3) is 0 Å². The summed E-state index contributed by atoms with van der Waals surface area (Å²) in [6.07, 6.45) is 8.37. The Balaban J connectivity index is 1.89. The maximum absolute atomic E-state index is 8.90. The Bertz CT molecular complexity index is 465. The highest BCUT2D eigenvalue weighted by Gasteiger charge is 2.18. The number of hydrogen-bond donors (Lipinski definition) is 1. The van der Waals surface area contributed by atoms with Crippen molar-refractivity contribution in [1.82, 2.24) is 5.32 Å². The molecule has 2 rings (SSSR count). The summed E-state index contributed by atoms with van der Waals surface area (Å²) in [4.78, 5) is 0. The van der Waals surface area contributed by atoms with E-state index in [2.05, 4.69) is 31.3 Å². The van der Waals surface area contributed by atoms with E-state index >= 15 is 0 Å². The minimum absolute atomic E-state index is 0.586. The fourth-order valence-corrected chi connectivity index (χ4v) is 3.21. The molecule has 1 atom stereocenters. The third-order valence-electron chi connectivity index (χ3n) is 4.69. The zero-order valence-corrected chi connectivity index (χ0v) is 12.8. The summed E-state index contributed by atoms with van der Waals surface area (Å²) in [6.45, 7) is 5.33. The topological polar surface area (TPSA) is 35.8 Å².